The summed E-state index contributed by atoms with van der Waals surface area (Å²) in [5.41, 5.74) is 7.97. The minimum Gasteiger partial charge on any atom is -0.319 e. The third-order valence-corrected chi connectivity index (χ3v) is 4.31. The molecule has 1 atom stereocenters. The van der Waals surface area contributed by atoms with Gasteiger partial charge in [0.15, 0.2) is 0 Å². The van der Waals surface area contributed by atoms with Crippen molar-refractivity contribution >= 4 is 39.1 Å². The number of likely N-dealkylation sites (N-methyl/N-ethyl adjacent to an activating group) is 1. The predicted molar refractivity (Wildman–Crippen MR) is 91.0 cm³/mol. The fourth-order valence-electron chi connectivity index (χ4n) is 2.05. The number of halogens is 3. The first-order valence-electron chi connectivity index (χ1n) is 6.46. The second-order valence-electron chi connectivity index (χ2n) is 5.05. The third-order valence-electron chi connectivity index (χ3n) is 3.18. The van der Waals surface area contributed by atoms with Gasteiger partial charge in [0.1, 0.15) is 0 Å². The summed E-state index contributed by atoms with van der Waals surface area (Å²) in [6.45, 7) is 1.57. The Balaban J connectivity index is 2.36. The van der Waals surface area contributed by atoms with Gasteiger partial charge in [0.25, 0.3) is 0 Å². The van der Waals surface area contributed by atoms with Crippen LogP contribution in [0.5, 0.6) is 0 Å². The molecule has 2 N–H and O–H groups in total. The minimum absolute atomic E-state index is 0.424. The van der Waals surface area contributed by atoms with Crippen molar-refractivity contribution in [1.29, 1.82) is 0 Å². The molecule has 0 aliphatic heterocycles. The molecule has 2 rings (SSSR count). The quantitative estimate of drug-likeness (QED) is 0.847. The van der Waals surface area contributed by atoms with E-state index in [0.29, 0.717) is 16.6 Å². The molecule has 21 heavy (non-hydrogen) atoms. The molecule has 0 aliphatic rings. The Morgan fingerprint density at radius 2 is 2.05 bits per heavy atom. The van der Waals surface area contributed by atoms with Gasteiger partial charge in [0.05, 0.1) is 29.5 Å². The average molecular weight is 392 g/mol. The topological polar surface area (TPSA) is 47.1 Å². The molecule has 7 heteroatoms. The number of nitrogens with zero attached hydrogens (tertiary/aromatic N) is 3. The van der Waals surface area contributed by atoms with Crippen LogP contribution in [-0.4, -0.2) is 35.3 Å². The first-order chi connectivity index (χ1) is 9.90. The van der Waals surface area contributed by atoms with E-state index >= 15 is 0 Å². The smallest absolute Gasteiger partial charge is 0.0837 e. The van der Waals surface area contributed by atoms with Gasteiger partial charge in [-0.2, -0.15) is 5.10 Å². The van der Waals surface area contributed by atoms with Crippen molar-refractivity contribution in [1.82, 2.24) is 14.7 Å². The van der Waals surface area contributed by atoms with Crippen LogP contribution < -0.4 is 5.73 Å². The normalized spacial score (nSPS) is 12.9. The van der Waals surface area contributed by atoms with E-state index in [4.69, 9.17) is 28.9 Å². The van der Waals surface area contributed by atoms with Crippen molar-refractivity contribution in [2.24, 2.45) is 5.73 Å². The number of rotatable bonds is 5. The highest BCUT2D eigenvalue weighted by molar-refractivity contribution is 9.10. The Kier molecular flexibility index (Phi) is 5.68. The molecule has 1 aromatic carbocycles. The van der Waals surface area contributed by atoms with Crippen LogP contribution in [0.3, 0.4) is 0 Å². The molecule has 0 bridgehead atoms. The molecule has 0 saturated carbocycles. The summed E-state index contributed by atoms with van der Waals surface area (Å²) in [7, 11) is 4.02. The molecule has 0 radical (unpaired) electrons. The number of benzene rings is 1. The number of nitrogens with two attached hydrogens (primary N) is 1. The molecule has 0 amide bonds. The van der Waals surface area contributed by atoms with Gasteiger partial charge >= 0.3 is 0 Å². The summed E-state index contributed by atoms with van der Waals surface area (Å²) in [6, 6.07) is 5.18. The standard InChI is InChI=1S/C14H17BrCl2N4/c1-20(2)5-6-21-14(12(17)8-19-21)13(18)10-7-9(15)3-4-11(10)16/h3-4,7-8,13H,5-6,18H2,1-2H3. The molecule has 0 spiro atoms. The van der Waals surface area contributed by atoms with Gasteiger partial charge in [0.2, 0.25) is 0 Å². The number of hydrogen-bond donors (Lipinski definition) is 1. The van der Waals surface area contributed by atoms with Crippen LogP contribution in [0.2, 0.25) is 10.0 Å². The zero-order chi connectivity index (χ0) is 15.6. The van der Waals surface area contributed by atoms with Gasteiger partial charge in [-0.3, -0.25) is 4.68 Å². The van der Waals surface area contributed by atoms with Crippen LogP contribution in [0, 0.1) is 0 Å². The Labute approximate surface area is 142 Å². The van der Waals surface area contributed by atoms with Crippen molar-refractivity contribution in [2.45, 2.75) is 12.6 Å². The lowest BCUT2D eigenvalue weighted by Gasteiger charge is -2.18. The van der Waals surface area contributed by atoms with Gasteiger partial charge < -0.3 is 10.6 Å². The molecule has 114 valence electrons. The maximum atomic E-state index is 6.37. The molecule has 1 unspecified atom stereocenters. The van der Waals surface area contributed by atoms with E-state index in [1.54, 1.807) is 6.20 Å². The molecule has 1 heterocycles. The van der Waals surface area contributed by atoms with Gasteiger partial charge in [-0.25, -0.2) is 0 Å². The van der Waals surface area contributed by atoms with Crippen LogP contribution in [0.25, 0.3) is 0 Å². The van der Waals surface area contributed by atoms with Crippen LogP contribution in [0.15, 0.2) is 28.9 Å². The first-order valence-corrected chi connectivity index (χ1v) is 8.01. The summed E-state index contributed by atoms with van der Waals surface area (Å²) < 4.78 is 2.76. The molecule has 0 saturated heterocycles. The molecule has 2 aromatic rings. The Bertz CT molecular complexity index is 627. The number of hydrogen-bond acceptors (Lipinski definition) is 3. The molecule has 0 fully saturated rings. The fraction of sp³-hybridized carbons (Fsp3) is 0.357. The van der Waals surface area contributed by atoms with E-state index in [9.17, 15) is 0 Å². The lowest BCUT2D eigenvalue weighted by atomic mass is 10.0. The Morgan fingerprint density at radius 3 is 2.71 bits per heavy atom. The van der Waals surface area contributed by atoms with E-state index in [1.165, 1.54) is 0 Å². The van der Waals surface area contributed by atoms with Crippen molar-refractivity contribution in [3.63, 3.8) is 0 Å². The second-order valence-corrected chi connectivity index (χ2v) is 6.78. The van der Waals surface area contributed by atoms with Gasteiger partial charge in [-0.1, -0.05) is 39.1 Å². The maximum absolute atomic E-state index is 6.37. The van der Waals surface area contributed by atoms with Gasteiger partial charge in [0, 0.05) is 16.0 Å². The zero-order valence-corrected chi connectivity index (χ0v) is 15.0. The molecule has 4 nitrogen and oxygen atoms in total. The van der Waals surface area contributed by atoms with E-state index < -0.39 is 6.04 Å². The van der Waals surface area contributed by atoms with Crippen LogP contribution in [-0.2, 0) is 6.54 Å². The Morgan fingerprint density at radius 1 is 1.33 bits per heavy atom. The summed E-state index contributed by atoms with van der Waals surface area (Å²) in [5.74, 6) is 0. The SMILES string of the molecule is CN(C)CCn1ncc(Cl)c1C(N)c1cc(Br)ccc1Cl. The summed E-state index contributed by atoms with van der Waals surface area (Å²) in [4.78, 5) is 2.08. The summed E-state index contributed by atoms with van der Waals surface area (Å²) in [5, 5.41) is 5.48. The van der Waals surface area contributed by atoms with Crippen molar-refractivity contribution < 1.29 is 0 Å². The van der Waals surface area contributed by atoms with Crippen LogP contribution in [0.1, 0.15) is 17.3 Å². The highest BCUT2D eigenvalue weighted by atomic mass is 79.9. The maximum Gasteiger partial charge on any atom is 0.0837 e. The average Bonchev–Trinajstić information content (AvgIpc) is 2.79. The summed E-state index contributed by atoms with van der Waals surface area (Å²) >= 11 is 16.0. The fourth-order valence-corrected chi connectivity index (χ4v) is 2.93. The lowest BCUT2D eigenvalue weighted by Crippen LogP contribution is -2.23. The highest BCUT2D eigenvalue weighted by Gasteiger charge is 2.21. The van der Waals surface area contributed by atoms with E-state index in [2.05, 4.69) is 25.9 Å². The molecule has 1 aromatic heterocycles. The van der Waals surface area contributed by atoms with Crippen LogP contribution >= 0.6 is 39.1 Å². The Hall–Kier alpha value is -0.590. The summed E-state index contributed by atoms with van der Waals surface area (Å²) in [6.07, 6.45) is 1.62. The van der Waals surface area contributed by atoms with Gasteiger partial charge in [-0.15, -0.1) is 0 Å². The van der Waals surface area contributed by atoms with E-state index in [0.717, 1.165) is 22.3 Å². The molecular formula is C14H17BrCl2N4. The van der Waals surface area contributed by atoms with E-state index in [-0.39, 0.29) is 0 Å². The lowest BCUT2D eigenvalue weighted by molar-refractivity contribution is 0.368. The van der Waals surface area contributed by atoms with Crippen molar-refractivity contribution in [3.05, 3.63) is 50.2 Å². The highest BCUT2D eigenvalue weighted by Crippen LogP contribution is 2.32. The predicted octanol–water partition coefficient (Wildman–Crippen LogP) is 3.56. The molecular weight excluding hydrogens is 375 g/mol. The van der Waals surface area contributed by atoms with E-state index in [1.807, 2.05) is 37.0 Å². The third kappa shape index (κ3) is 3.99. The largest absolute Gasteiger partial charge is 0.319 e. The van der Waals surface area contributed by atoms with Crippen molar-refractivity contribution in [3.8, 4) is 0 Å². The van der Waals surface area contributed by atoms with Crippen molar-refractivity contribution in [2.75, 3.05) is 20.6 Å². The minimum atomic E-state index is -0.424. The second kappa shape index (κ2) is 7.11. The molecule has 0 aliphatic carbocycles. The monoisotopic (exact) mass is 390 g/mol. The zero-order valence-electron chi connectivity index (χ0n) is 11.9. The first kappa shape index (κ1) is 16.8. The van der Waals surface area contributed by atoms with Gasteiger partial charge in [-0.05, 0) is 37.9 Å². The number of aromatic nitrogens is 2. The van der Waals surface area contributed by atoms with Crippen LogP contribution in [0.4, 0.5) is 0 Å².